The molecular formula is C29H23N3O3. The highest BCUT2D eigenvalue weighted by Gasteiger charge is 2.63. The van der Waals surface area contributed by atoms with Crippen molar-refractivity contribution in [3.63, 3.8) is 0 Å². The molecule has 1 fully saturated rings. The summed E-state index contributed by atoms with van der Waals surface area (Å²) in [5, 5.41) is 21.2. The number of rotatable bonds is 5. The monoisotopic (exact) mass is 461 g/mol. The van der Waals surface area contributed by atoms with Crippen molar-refractivity contribution < 1.29 is 14.3 Å². The summed E-state index contributed by atoms with van der Waals surface area (Å²) in [5.74, 6) is 0.113. The van der Waals surface area contributed by atoms with Crippen LogP contribution in [0.3, 0.4) is 0 Å². The van der Waals surface area contributed by atoms with Gasteiger partial charge in [-0.15, -0.1) is 0 Å². The van der Waals surface area contributed by atoms with Gasteiger partial charge >= 0.3 is 0 Å². The molecule has 0 unspecified atom stereocenters. The summed E-state index contributed by atoms with van der Waals surface area (Å²) in [6, 6.07) is 25.4. The normalized spacial score (nSPS) is 21.3. The van der Waals surface area contributed by atoms with Crippen LogP contribution in [-0.2, 0) is 0 Å². The summed E-state index contributed by atoms with van der Waals surface area (Å²) in [7, 11) is 3.08. The Labute approximate surface area is 204 Å². The van der Waals surface area contributed by atoms with Crippen molar-refractivity contribution in [2.24, 2.45) is 5.41 Å². The van der Waals surface area contributed by atoms with Crippen molar-refractivity contribution in [3.8, 4) is 23.6 Å². The molecule has 0 radical (unpaired) electrons. The molecule has 3 aromatic rings. The van der Waals surface area contributed by atoms with Crippen LogP contribution in [0.1, 0.15) is 39.0 Å². The maximum Gasteiger partial charge on any atom is 0.185 e. The van der Waals surface area contributed by atoms with E-state index < -0.39 is 23.4 Å². The molecule has 0 bridgehead atoms. The van der Waals surface area contributed by atoms with Crippen LogP contribution in [0.5, 0.6) is 11.5 Å². The second-order valence-corrected chi connectivity index (χ2v) is 8.65. The summed E-state index contributed by atoms with van der Waals surface area (Å²) in [6.07, 6.45) is 3.79. The van der Waals surface area contributed by atoms with E-state index in [1.54, 1.807) is 31.4 Å². The number of carbonyl (C=O) groups is 1. The van der Waals surface area contributed by atoms with E-state index in [-0.39, 0.29) is 5.78 Å². The number of ketones is 1. The first-order valence-electron chi connectivity index (χ1n) is 11.3. The lowest BCUT2D eigenvalue weighted by molar-refractivity contribution is 0.0874. The Hall–Kier alpha value is -4.55. The smallest absolute Gasteiger partial charge is 0.185 e. The van der Waals surface area contributed by atoms with E-state index in [9.17, 15) is 15.3 Å². The predicted molar refractivity (Wildman–Crippen MR) is 131 cm³/mol. The van der Waals surface area contributed by atoms with Gasteiger partial charge in [-0.05, 0) is 34.9 Å². The molecule has 0 aliphatic carbocycles. The molecule has 0 amide bonds. The number of ether oxygens (including phenoxy) is 2. The summed E-state index contributed by atoms with van der Waals surface area (Å²) < 4.78 is 10.9. The highest BCUT2D eigenvalue weighted by molar-refractivity contribution is 6.01. The van der Waals surface area contributed by atoms with E-state index >= 15 is 0 Å². The van der Waals surface area contributed by atoms with Crippen LogP contribution in [-0.4, -0.2) is 30.9 Å². The fourth-order valence-corrected chi connectivity index (χ4v) is 5.49. The highest BCUT2D eigenvalue weighted by atomic mass is 16.5. The quantitative estimate of drug-likeness (QED) is 0.491. The van der Waals surface area contributed by atoms with Crippen LogP contribution >= 0.6 is 0 Å². The third-order valence-corrected chi connectivity index (χ3v) is 7.04. The van der Waals surface area contributed by atoms with Crippen molar-refractivity contribution in [3.05, 3.63) is 101 Å². The summed E-state index contributed by atoms with van der Waals surface area (Å²) in [4.78, 5) is 15.9. The van der Waals surface area contributed by atoms with E-state index in [0.717, 1.165) is 11.1 Å². The van der Waals surface area contributed by atoms with Crippen molar-refractivity contribution in [2.45, 2.75) is 18.0 Å². The lowest BCUT2D eigenvalue weighted by Gasteiger charge is -2.34. The minimum absolute atomic E-state index is 0.146. The third-order valence-electron chi connectivity index (χ3n) is 7.04. The lowest BCUT2D eigenvalue weighted by atomic mass is 9.67. The Morgan fingerprint density at radius 3 is 2.29 bits per heavy atom. The van der Waals surface area contributed by atoms with E-state index in [0.29, 0.717) is 22.6 Å². The van der Waals surface area contributed by atoms with Crippen LogP contribution in [0.25, 0.3) is 6.08 Å². The highest BCUT2D eigenvalue weighted by Crippen LogP contribution is 2.60. The van der Waals surface area contributed by atoms with E-state index in [2.05, 4.69) is 12.1 Å². The Balaban J connectivity index is 1.78. The fourth-order valence-electron chi connectivity index (χ4n) is 5.49. The zero-order valence-electron chi connectivity index (χ0n) is 19.4. The standard InChI is InChI=1S/C29H23N3O3/c1-34-23-13-12-21(16-24(23)35-2)25-26(27(33)20-9-4-3-5-10-20)32-15-14-19-8-6-7-11-22(19)28(32)29(25,17-30)18-31/h3-16,25-26,28H,1-2H3/t25-,26-,28+/m1/s1. The topological polar surface area (TPSA) is 86.4 Å². The summed E-state index contributed by atoms with van der Waals surface area (Å²) in [5.41, 5.74) is 1.45. The average Bonchev–Trinajstić information content (AvgIpc) is 3.23. The molecule has 2 heterocycles. The molecule has 0 saturated carbocycles. The van der Waals surface area contributed by atoms with Crippen LogP contribution in [0.2, 0.25) is 0 Å². The third kappa shape index (κ3) is 3.26. The number of benzene rings is 3. The fraction of sp³-hybridized carbons (Fsp3) is 0.207. The van der Waals surface area contributed by atoms with Gasteiger partial charge in [-0.25, -0.2) is 0 Å². The van der Waals surface area contributed by atoms with Gasteiger partial charge < -0.3 is 14.4 Å². The van der Waals surface area contributed by atoms with Crippen molar-refractivity contribution in [1.29, 1.82) is 10.5 Å². The van der Waals surface area contributed by atoms with E-state index in [4.69, 9.17) is 9.47 Å². The number of nitriles is 2. The van der Waals surface area contributed by atoms with E-state index in [1.165, 1.54) is 7.11 Å². The largest absolute Gasteiger partial charge is 0.493 e. The van der Waals surface area contributed by atoms with Crippen molar-refractivity contribution in [1.82, 2.24) is 4.90 Å². The zero-order chi connectivity index (χ0) is 24.6. The molecular weight excluding hydrogens is 438 g/mol. The van der Waals surface area contributed by atoms with Gasteiger partial charge in [0.1, 0.15) is 6.04 Å². The molecule has 3 atom stereocenters. The minimum atomic E-state index is -1.53. The van der Waals surface area contributed by atoms with Crippen molar-refractivity contribution >= 4 is 11.9 Å². The molecule has 2 aliphatic rings. The Morgan fingerprint density at radius 2 is 1.60 bits per heavy atom. The second kappa shape index (κ2) is 8.66. The van der Waals surface area contributed by atoms with E-state index in [1.807, 2.05) is 65.7 Å². The molecule has 6 nitrogen and oxygen atoms in total. The van der Waals surface area contributed by atoms with Gasteiger partial charge in [0.05, 0.1) is 32.4 Å². The maximum atomic E-state index is 14.0. The van der Waals surface area contributed by atoms with Gasteiger partial charge in [0.15, 0.2) is 22.7 Å². The van der Waals surface area contributed by atoms with Gasteiger partial charge in [0.2, 0.25) is 0 Å². The van der Waals surface area contributed by atoms with Crippen LogP contribution in [0, 0.1) is 28.1 Å². The molecule has 5 rings (SSSR count). The number of Topliss-reactive ketones (excluding diaryl/α,β-unsaturated/α-hetero) is 1. The molecule has 0 aromatic heterocycles. The summed E-state index contributed by atoms with van der Waals surface area (Å²) in [6.45, 7) is 0. The molecule has 35 heavy (non-hydrogen) atoms. The molecule has 6 heteroatoms. The SMILES string of the molecule is COc1ccc([C@@H]2[C@H](C(=O)c3ccccc3)N3C=Cc4ccccc4[C@H]3C2(C#N)C#N)cc1OC. The first-order chi connectivity index (χ1) is 17.1. The van der Waals surface area contributed by atoms with Gasteiger partial charge in [-0.1, -0.05) is 60.7 Å². The molecule has 172 valence electrons. The Bertz CT molecular complexity index is 1390. The lowest BCUT2D eigenvalue weighted by Crippen LogP contribution is -2.37. The number of carbonyl (C=O) groups excluding carboxylic acids is 1. The number of fused-ring (bicyclic) bond motifs is 3. The second-order valence-electron chi connectivity index (χ2n) is 8.65. The van der Waals surface area contributed by atoms with Crippen LogP contribution in [0.15, 0.2) is 79.0 Å². The predicted octanol–water partition coefficient (Wildman–Crippen LogP) is 5.11. The summed E-state index contributed by atoms with van der Waals surface area (Å²) >= 11 is 0. The minimum Gasteiger partial charge on any atom is -0.493 e. The van der Waals surface area contributed by atoms with Crippen LogP contribution in [0.4, 0.5) is 0 Å². The molecule has 3 aromatic carbocycles. The molecule has 0 spiro atoms. The average molecular weight is 462 g/mol. The molecule has 2 aliphatic heterocycles. The maximum absolute atomic E-state index is 14.0. The van der Waals surface area contributed by atoms with Gasteiger partial charge in [0, 0.05) is 17.7 Å². The first kappa shape index (κ1) is 22.3. The van der Waals surface area contributed by atoms with Gasteiger partial charge in [-0.2, -0.15) is 10.5 Å². The number of hydrogen-bond acceptors (Lipinski definition) is 6. The zero-order valence-corrected chi connectivity index (χ0v) is 19.4. The number of nitrogens with zero attached hydrogens (tertiary/aromatic N) is 3. The van der Waals surface area contributed by atoms with Crippen LogP contribution < -0.4 is 9.47 Å². The van der Waals surface area contributed by atoms with Crippen molar-refractivity contribution in [2.75, 3.05) is 14.2 Å². The number of hydrogen-bond donors (Lipinski definition) is 0. The molecule has 1 saturated heterocycles. The molecule has 0 N–H and O–H groups in total. The Kier molecular flexibility index (Phi) is 5.51. The first-order valence-corrected chi connectivity index (χ1v) is 11.3. The van der Waals surface area contributed by atoms with Gasteiger partial charge in [-0.3, -0.25) is 4.79 Å². The number of methoxy groups -OCH3 is 2. The Morgan fingerprint density at radius 1 is 0.914 bits per heavy atom. The van der Waals surface area contributed by atoms with Gasteiger partial charge in [0.25, 0.3) is 0 Å².